The zero-order valence-electron chi connectivity index (χ0n) is 18.6. The molecule has 1 heterocycles. The Bertz CT molecular complexity index is 1010. The van der Waals surface area contributed by atoms with E-state index in [1.807, 2.05) is 36.4 Å². The van der Waals surface area contributed by atoms with Gasteiger partial charge in [0.05, 0.1) is 29.0 Å². The third-order valence-electron chi connectivity index (χ3n) is 6.95. The highest BCUT2D eigenvalue weighted by Crippen LogP contribution is 2.46. The van der Waals surface area contributed by atoms with Crippen LogP contribution in [0.5, 0.6) is 0 Å². The van der Waals surface area contributed by atoms with Crippen LogP contribution in [0.15, 0.2) is 48.7 Å². The van der Waals surface area contributed by atoms with Gasteiger partial charge < -0.3 is 10.8 Å². The lowest BCUT2D eigenvalue weighted by atomic mass is 9.57. The molecule has 0 bridgehead atoms. The molecule has 0 spiro atoms. The van der Waals surface area contributed by atoms with Gasteiger partial charge in [-0.1, -0.05) is 38.1 Å². The quantitative estimate of drug-likeness (QED) is 0.759. The minimum atomic E-state index is -1.03. The minimum absolute atomic E-state index is 0.0357. The molecular formula is C26H31N3O2. The van der Waals surface area contributed by atoms with Crippen molar-refractivity contribution >= 4 is 11.9 Å². The van der Waals surface area contributed by atoms with E-state index >= 15 is 0 Å². The van der Waals surface area contributed by atoms with Crippen molar-refractivity contribution < 1.29 is 9.90 Å². The molecule has 5 nitrogen and oxygen atoms in total. The second-order valence-electron chi connectivity index (χ2n) is 9.00. The number of aliphatic hydroxyl groups excluding tert-OH is 1. The number of rotatable bonds is 5. The fraction of sp³-hybridized carbons (Fsp3) is 0.423. The van der Waals surface area contributed by atoms with Gasteiger partial charge in [0.15, 0.2) is 0 Å². The fourth-order valence-electron chi connectivity index (χ4n) is 4.98. The summed E-state index contributed by atoms with van der Waals surface area (Å²) in [7, 11) is 0. The van der Waals surface area contributed by atoms with Crippen LogP contribution in [0.25, 0.3) is 17.2 Å². The highest BCUT2D eigenvalue weighted by atomic mass is 16.3. The molecule has 1 fully saturated rings. The van der Waals surface area contributed by atoms with Gasteiger partial charge in [-0.2, -0.15) is 5.26 Å². The van der Waals surface area contributed by atoms with E-state index in [4.69, 9.17) is 11.0 Å². The van der Waals surface area contributed by atoms with Crippen molar-refractivity contribution in [3.8, 4) is 17.2 Å². The summed E-state index contributed by atoms with van der Waals surface area (Å²) in [6, 6.07) is 13.5. The lowest BCUT2D eigenvalue weighted by molar-refractivity contribution is -0.132. The molecule has 31 heavy (non-hydrogen) atoms. The number of aliphatic hydroxyl groups is 1. The Kier molecular flexibility index (Phi) is 6.74. The molecule has 1 aliphatic rings. The summed E-state index contributed by atoms with van der Waals surface area (Å²) in [5, 5.41) is 19.6. The van der Waals surface area contributed by atoms with Gasteiger partial charge in [-0.15, -0.1) is 0 Å². The van der Waals surface area contributed by atoms with Gasteiger partial charge >= 0.3 is 0 Å². The first-order chi connectivity index (χ1) is 14.7. The van der Waals surface area contributed by atoms with E-state index in [1.165, 1.54) is 6.92 Å². The first kappa shape index (κ1) is 22.9. The molecule has 0 radical (unpaired) electrons. The Labute approximate surface area is 184 Å². The van der Waals surface area contributed by atoms with E-state index < -0.39 is 11.6 Å². The van der Waals surface area contributed by atoms with Crippen LogP contribution in [0.3, 0.4) is 0 Å². The number of nitrogens with zero attached hydrogens (tertiary/aromatic N) is 2. The number of carbonyl (C=O) groups is 1. The zero-order chi connectivity index (χ0) is 22.8. The fourth-order valence-corrected chi connectivity index (χ4v) is 4.98. The SMILES string of the molecule is CC(=O)[C@]1(N)C[C@H](C)[C@@H](C)[C@H](/C=C/c2ccc(-c3cccc(C#N)c3)cn2)[C@@H]1[C@@H](C)O. The molecule has 0 amide bonds. The smallest absolute Gasteiger partial charge is 0.149 e. The van der Waals surface area contributed by atoms with Crippen LogP contribution in [0.4, 0.5) is 0 Å². The van der Waals surface area contributed by atoms with E-state index in [0.717, 1.165) is 16.8 Å². The summed E-state index contributed by atoms with van der Waals surface area (Å²) in [4.78, 5) is 17.0. The lowest BCUT2D eigenvalue weighted by Gasteiger charge is -2.50. The molecule has 1 saturated carbocycles. The van der Waals surface area contributed by atoms with E-state index in [-0.39, 0.29) is 29.5 Å². The number of hydrogen-bond acceptors (Lipinski definition) is 5. The highest BCUT2D eigenvalue weighted by Gasteiger charge is 2.52. The number of Topliss-reactive ketones (excluding diaryl/α,β-unsaturated/α-hetero) is 1. The largest absolute Gasteiger partial charge is 0.393 e. The maximum atomic E-state index is 12.4. The molecule has 1 aromatic heterocycles. The topological polar surface area (TPSA) is 100 Å². The van der Waals surface area contributed by atoms with E-state index in [9.17, 15) is 9.90 Å². The van der Waals surface area contributed by atoms with E-state index in [0.29, 0.717) is 12.0 Å². The van der Waals surface area contributed by atoms with Crippen LogP contribution in [-0.4, -0.2) is 27.5 Å². The first-order valence-corrected chi connectivity index (χ1v) is 10.8. The molecule has 162 valence electrons. The number of aromatic nitrogens is 1. The van der Waals surface area contributed by atoms with Crippen LogP contribution in [-0.2, 0) is 4.79 Å². The number of hydrogen-bond donors (Lipinski definition) is 2. The molecule has 6 atom stereocenters. The first-order valence-electron chi connectivity index (χ1n) is 10.8. The molecule has 0 unspecified atom stereocenters. The summed E-state index contributed by atoms with van der Waals surface area (Å²) < 4.78 is 0. The second-order valence-corrected chi connectivity index (χ2v) is 9.00. The highest BCUT2D eigenvalue weighted by molar-refractivity contribution is 5.86. The van der Waals surface area contributed by atoms with Crippen molar-refractivity contribution in [2.24, 2.45) is 29.4 Å². The molecule has 3 rings (SSSR count). The zero-order valence-corrected chi connectivity index (χ0v) is 18.6. The normalized spacial score (nSPS) is 29.5. The molecule has 3 N–H and O–H groups in total. The maximum absolute atomic E-state index is 12.4. The molecule has 0 aliphatic heterocycles. The number of allylic oxidation sites excluding steroid dienone is 1. The minimum Gasteiger partial charge on any atom is -0.393 e. The van der Waals surface area contributed by atoms with Crippen LogP contribution in [0.2, 0.25) is 0 Å². The number of pyridine rings is 1. The van der Waals surface area contributed by atoms with Gasteiger partial charge in [0.25, 0.3) is 0 Å². The predicted molar refractivity (Wildman–Crippen MR) is 123 cm³/mol. The number of carbonyl (C=O) groups excluding carboxylic acids is 1. The Morgan fingerprint density at radius 3 is 2.65 bits per heavy atom. The van der Waals surface area contributed by atoms with Gasteiger partial charge in [-0.3, -0.25) is 9.78 Å². The summed E-state index contributed by atoms with van der Waals surface area (Å²) in [6.45, 7) is 7.53. The van der Waals surface area contributed by atoms with Crippen molar-refractivity contribution in [2.45, 2.75) is 45.8 Å². The average Bonchev–Trinajstić information content (AvgIpc) is 2.75. The van der Waals surface area contributed by atoms with Crippen LogP contribution >= 0.6 is 0 Å². The van der Waals surface area contributed by atoms with E-state index in [1.54, 1.807) is 19.2 Å². The van der Waals surface area contributed by atoms with Crippen molar-refractivity contribution in [2.75, 3.05) is 0 Å². The van der Waals surface area contributed by atoms with E-state index in [2.05, 4.69) is 31.0 Å². The summed E-state index contributed by atoms with van der Waals surface area (Å²) in [5.74, 6) is 0.0886. The third-order valence-corrected chi connectivity index (χ3v) is 6.95. The van der Waals surface area contributed by atoms with Crippen molar-refractivity contribution in [3.63, 3.8) is 0 Å². The number of ketones is 1. The molecule has 2 aromatic rings. The molecular weight excluding hydrogens is 386 g/mol. The molecule has 5 heteroatoms. The van der Waals surface area contributed by atoms with Crippen molar-refractivity contribution in [1.29, 1.82) is 5.26 Å². The maximum Gasteiger partial charge on any atom is 0.149 e. The predicted octanol–water partition coefficient (Wildman–Crippen LogP) is 4.21. The Balaban J connectivity index is 1.88. The van der Waals surface area contributed by atoms with Crippen LogP contribution in [0.1, 0.15) is 45.4 Å². The Morgan fingerprint density at radius 2 is 2.06 bits per heavy atom. The summed E-state index contributed by atoms with van der Waals surface area (Å²) in [5.41, 5.74) is 8.84. The Morgan fingerprint density at radius 1 is 1.32 bits per heavy atom. The van der Waals surface area contributed by atoms with Gasteiger partial charge in [0.1, 0.15) is 5.78 Å². The van der Waals surface area contributed by atoms with Crippen molar-refractivity contribution in [1.82, 2.24) is 4.98 Å². The second kappa shape index (κ2) is 9.13. The van der Waals surface area contributed by atoms with Crippen LogP contribution < -0.4 is 5.73 Å². The van der Waals surface area contributed by atoms with Gasteiger partial charge in [0, 0.05) is 17.7 Å². The third kappa shape index (κ3) is 4.61. The molecule has 0 saturated heterocycles. The summed E-state index contributed by atoms with van der Waals surface area (Å²) >= 11 is 0. The van der Waals surface area contributed by atoms with Crippen molar-refractivity contribution in [3.05, 3.63) is 59.9 Å². The Hall–Kier alpha value is -2.81. The van der Waals surface area contributed by atoms with Gasteiger partial charge in [-0.05, 0) is 67.9 Å². The standard InChI is InChI=1S/C26H31N3O2/c1-16-13-26(28,19(4)31)25(18(3)30)24(17(16)2)11-10-23-9-8-22(15-29-23)21-7-5-6-20(12-21)14-27/h5-12,15-18,24-25,30H,13,28H2,1-4H3/b11-10+/t16-,17+,18+,24-,25-,26+/m0/s1. The van der Waals surface area contributed by atoms with Crippen LogP contribution in [0, 0.1) is 35.0 Å². The average molecular weight is 418 g/mol. The van der Waals surface area contributed by atoms with Gasteiger partial charge in [-0.25, -0.2) is 0 Å². The molecule has 1 aromatic carbocycles. The number of nitrogens with two attached hydrogens (primary N) is 1. The lowest BCUT2D eigenvalue weighted by Crippen LogP contribution is -2.63. The van der Waals surface area contributed by atoms with Gasteiger partial charge in [0.2, 0.25) is 0 Å². The monoisotopic (exact) mass is 417 g/mol. The number of nitriles is 1. The number of benzene rings is 1. The summed E-state index contributed by atoms with van der Waals surface area (Å²) in [6.07, 6.45) is 5.68. The molecule has 1 aliphatic carbocycles.